The van der Waals surface area contributed by atoms with Gasteiger partial charge in [-0.3, -0.25) is 4.79 Å². The third kappa shape index (κ3) is 2.31. The summed E-state index contributed by atoms with van der Waals surface area (Å²) < 4.78 is 45.5. The van der Waals surface area contributed by atoms with Crippen LogP contribution in [-0.4, -0.2) is 40.0 Å². The van der Waals surface area contributed by atoms with Crippen LogP contribution in [0.4, 0.5) is 13.2 Å². The molecular weight excluding hydrogens is 349 g/mol. The fourth-order valence-electron chi connectivity index (χ4n) is 4.06. The number of hydrogen-bond donors (Lipinski definition) is 0. The van der Waals surface area contributed by atoms with Crippen molar-refractivity contribution >= 4 is 22.8 Å². The second-order valence-electron chi connectivity index (χ2n) is 6.84. The molecular formula is C18H17F3N2O3. The summed E-state index contributed by atoms with van der Waals surface area (Å²) in [5.74, 6) is -0.741. The van der Waals surface area contributed by atoms with Crippen molar-refractivity contribution in [2.24, 2.45) is 7.05 Å². The normalized spacial score (nSPS) is 23.2. The van der Waals surface area contributed by atoms with Crippen LogP contribution >= 0.6 is 0 Å². The number of amides is 1. The minimum atomic E-state index is -4.44. The van der Waals surface area contributed by atoms with Crippen molar-refractivity contribution in [2.75, 3.05) is 13.2 Å². The topological polar surface area (TPSA) is 51.5 Å². The number of ether oxygens (including phenoxy) is 1. The molecule has 0 saturated carbocycles. The molecule has 1 amide bonds. The van der Waals surface area contributed by atoms with Gasteiger partial charge in [0.25, 0.3) is 5.91 Å². The molecule has 1 aromatic carbocycles. The van der Waals surface area contributed by atoms with Crippen molar-refractivity contribution in [2.45, 2.75) is 31.0 Å². The van der Waals surface area contributed by atoms with Gasteiger partial charge in [-0.25, -0.2) is 4.79 Å². The highest BCUT2D eigenvalue weighted by Crippen LogP contribution is 2.39. The van der Waals surface area contributed by atoms with E-state index in [1.54, 1.807) is 11.6 Å². The lowest BCUT2D eigenvalue weighted by molar-refractivity contribution is -0.145. The predicted molar refractivity (Wildman–Crippen MR) is 86.5 cm³/mol. The van der Waals surface area contributed by atoms with Gasteiger partial charge in [-0.05, 0) is 37.1 Å². The number of cyclic esters (lactones) is 1. The number of carbonyl (C=O) groups excluding carboxylic acids is 2. The summed E-state index contributed by atoms with van der Waals surface area (Å²) in [6, 6.07) is 4.86. The first-order valence-corrected chi connectivity index (χ1v) is 8.40. The lowest BCUT2D eigenvalue weighted by Crippen LogP contribution is -2.50. The average Bonchev–Trinajstić information content (AvgIpc) is 3.26. The number of halogens is 3. The number of aryl methyl sites for hydroxylation is 1. The van der Waals surface area contributed by atoms with E-state index in [0.717, 1.165) is 12.1 Å². The number of alkyl halides is 3. The zero-order valence-corrected chi connectivity index (χ0v) is 14.1. The summed E-state index contributed by atoms with van der Waals surface area (Å²) >= 11 is 0. The molecule has 26 heavy (non-hydrogen) atoms. The first kappa shape index (κ1) is 16.9. The summed E-state index contributed by atoms with van der Waals surface area (Å²) in [5.41, 5.74) is -0.888. The monoisotopic (exact) mass is 366 g/mol. The van der Waals surface area contributed by atoms with E-state index in [4.69, 9.17) is 4.74 Å². The fourth-order valence-corrected chi connectivity index (χ4v) is 4.06. The van der Waals surface area contributed by atoms with E-state index in [-0.39, 0.29) is 24.2 Å². The Hall–Kier alpha value is -2.51. The third-order valence-corrected chi connectivity index (χ3v) is 5.45. The molecule has 2 aromatic rings. The molecule has 0 N–H and O–H groups in total. The number of esters is 1. The van der Waals surface area contributed by atoms with Crippen molar-refractivity contribution in [3.8, 4) is 0 Å². The number of likely N-dealkylation sites (tertiary alicyclic amines) is 1. The Kier molecular flexibility index (Phi) is 3.58. The van der Waals surface area contributed by atoms with Crippen molar-refractivity contribution < 1.29 is 27.5 Å². The molecule has 3 heterocycles. The summed E-state index contributed by atoms with van der Waals surface area (Å²) in [6.45, 7) is 0.718. The quantitative estimate of drug-likeness (QED) is 0.729. The van der Waals surface area contributed by atoms with E-state index < -0.39 is 17.3 Å². The van der Waals surface area contributed by atoms with Gasteiger partial charge in [0.1, 0.15) is 11.2 Å². The minimum absolute atomic E-state index is 0.264. The number of aromatic nitrogens is 1. The Bertz CT molecular complexity index is 914. The first-order chi connectivity index (χ1) is 12.2. The van der Waals surface area contributed by atoms with Gasteiger partial charge in [0.15, 0.2) is 0 Å². The van der Waals surface area contributed by atoms with Crippen molar-refractivity contribution in [3.05, 3.63) is 35.5 Å². The molecule has 2 aliphatic heterocycles. The molecule has 2 saturated heterocycles. The maximum atomic E-state index is 13.1. The molecule has 1 aromatic heterocycles. The molecule has 138 valence electrons. The maximum Gasteiger partial charge on any atom is 0.416 e. The van der Waals surface area contributed by atoms with E-state index >= 15 is 0 Å². The lowest BCUT2D eigenvalue weighted by atomic mass is 9.94. The zero-order chi connectivity index (χ0) is 18.7. The Morgan fingerprint density at radius 3 is 2.65 bits per heavy atom. The number of rotatable bonds is 1. The van der Waals surface area contributed by atoms with E-state index in [1.165, 1.54) is 17.0 Å². The molecule has 0 radical (unpaired) electrons. The van der Waals surface area contributed by atoms with Crippen molar-refractivity contribution in [1.82, 2.24) is 9.47 Å². The number of benzene rings is 1. The smallest absolute Gasteiger partial charge is 0.416 e. The number of fused-ring (bicyclic) bond motifs is 1. The van der Waals surface area contributed by atoms with Crippen LogP contribution in [0.5, 0.6) is 0 Å². The van der Waals surface area contributed by atoms with Crippen LogP contribution in [0.2, 0.25) is 0 Å². The largest absolute Gasteiger partial charge is 0.464 e. The zero-order valence-electron chi connectivity index (χ0n) is 14.1. The van der Waals surface area contributed by atoms with E-state index in [1.807, 2.05) is 0 Å². The highest BCUT2D eigenvalue weighted by molar-refractivity contribution is 6.02. The summed E-state index contributed by atoms with van der Waals surface area (Å²) in [4.78, 5) is 26.8. The molecule has 1 atom stereocenters. The average molecular weight is 366 g/mol. The molecule has 8 heteroatoms. The Morgan fingerprint density at radius 2 is 2.00 bits per heavy atom. The second kappa shape index (κ2) is 5.49. The van der Waals surface area contributed by atoms with Crippen LogP contribution in [0.25, 0.3) is 10.9 Å². The van der Waals surface area contributed by atoms with Gasteiger partial charge in [-0.15, -0.1) is 0 Å². The molecule has 0 unspecified atom stereocenters. The van der Waals surface area contributed by atoms with Gasteiger partial charge in [0.2, 0.25) is 0 Å². The Balaban J connectivity index is 1.75. The molecule has 4 rings (SSSR count). The van der Waals surface area contributed by atoms with Crippen LogP contribution in [-0.2, 0) is 22.8 Å². The van der Waals surface area contributed by atoms with Crippen LogP contribution in [0, 0.1) is 0 Å². The van der Waals surface area contributed by atoms with Gasteiger partial charge >= 0.3 is 12.1 Å². The van der Waals surface area contributed by atoms with Gasteiger partial charge in [0.05, 0.1) is 12.2 Å². The SMILES string of the molecule is Cn1c(C(=O)N2CCC[C@@]23CCOC3=O)cc2cc(C(F)(F)F)ccc21. The van der Waals surface area contributed by atoms with Crippen LogP contribution in [0.3, 0.4) is 0 Å². The van der Waals surface area contributed by atoms with Crippen molar-refractivity contribution in [3.63, 3.8) is 0 Å². The van der Waals surface area contributed by atoms with Gasteiger partial charge in [-0.1, -0.05) is 0 Å². The Morgan fingerprint density at radius 1 is 1.23 bits per heavy atom. The van der Waals surface area contributed by atoms with Crippen LogP contribution in [0.15, 0.2) is 24.3 Å². The molecule has 1 spiro atoms. The van der Waals surface area contributed by atoms with Crippen molar-refractivity contribution in [1.29, 1.82) is 0 Å². The first-order valence-electron chi connectivity index (χ1n) is 8.40. The lowest BCUT2D eigenvalue weighted by Gasteiger charge is -2.31. The van der Waals surface area contributed by atoms with Gasteiger partial charge < -0.3 is 14.2 Å². The summed E-state index contributed by atoms with van der Waals surface area (Å²) in [5, 5.41) is 0.341. The highest BCUT2D eigenvalue weighted by Gasteiger charge is 2.54. The maximum absolute atomic E-state index is 13.1. The summed E-state index contributed by atoms with van der Waals surface area (Å²) in [7, 11) is 1.64. The second-order valence-corrected chi connectivity index (χ2v) is 6.84. The third-order valence-electron chi connectivity index (χ3n) is 5.45. The highest BCUT2D eigenvalue weighted by atomic mass is 19.4. The van der Waals surface area contributed by atoms with Gasteiger partial charge in [-0.2, -0.15) is 13.2 Å². The molecule has 0 aliphatic carbocycles. The van der Waals surface area contributed by atoms with E-state index in [2.05, 4.69) is 0 Å². The number of carbonyl (C=O) groups is 2. The molecule has 5 nitrogen and oxygen atoms in total. The minimum Gasteiger partial charge on any atom is -0.464 e. The molecule has 2 aliphatic rings. The number of nitrogens with zero attached hydrogens (tertiary/aromatic N) is 2. The fraction of sp³-hybridized carbons (Fsp3) is 0.444. The van der Waals surface area contributed by atoms with Crippen LogP contribution < -0.4 is 0 Å². The van der Waals surface area contributed by atoms with Crippen LogP contribution in [0.1, 0.15) is 35.3 Å². The Labute approximate surface area is 147 Å². The van der Waals surface area contributed by atoms with E-state index in [0.29, 0.717) is 36.7 Å². The summed E-state index contributed by atoms with van der Waals surface area (Å²) in [6.07, 6.45) is -2.73. The molecule has 2 fully saturated rings. The predicted octanol–water partition coefficient (Wildman–Crippen LogP) is 3.12. The van der Waals surface area contributed by atoms with E-state index in [9.17, 15) is 22.8 Å². The molecule has 0 bridgehead atoms. The van der Waals surface area contributed by atoms with Gasteiger partial charge in [0, 0.05) is 30.9 Å². The number of hydrogen-bond acceptors (Lipinski definition) is 3. The standard InChI is InChI=1S/C18H17F3N2O3/c1-22-13-4-3-12(18(19,20)21)9-11(13)10-14(22)15(24)23-7-2-5-17(23)6-8-26-16(17)25/h3-4,9-10H,2,5-8H2,1H3/t17-/m0/s1.